The van der Waals surface area contributed by atoms with Gasteiger partial charge in [-0.05, 0) is 37.6 Å². The van der Waals surface area contributed by atoms with Gasteiger partial charge in [-0.25, -0.2) is 24.1 Å². The summed E-state index contributed by atoms with van der Waals surface area (Å²) in [4.78, 5) is 30.0. The highest BCUT2D eigenvalue weighted by atomic mass is 19.4. The number of nitrogens with zero attached hydrogens (tertiary/aromatic N) is 7. The summed E-state index contributed by atoms with van der Waals surface area (Å²) >= 11 is 0. The number of benzene rings is 1. The van der Waals surface area contributed by atoms with Gasteiger partial charge in [0, 0.05) is 47.9 Å². The smallest absolute Gasteiger partial charge is 0.416 e. The summed E-state index contributed by atoms with van der Waals surface area (Å²) in [5, 5.41) is 4.23. The average molecular weight is 612 g/mol. The fourth-order valence-electron chi connectivity index (χ4n) is 5.49. The van der Waals surface area contributed by atoms with Crippen LogP contribution in [0.15, 0.2) is 49.1 Å². The van der Waals surface area contributed by atoms with E-state index in [0.717, 1.165) is 23.3 Å². The molecule has 6 rings (SSSR count). The number of amides is 1. The molecule has 230 valence electrons. The van der Waals surface area contributed by atoms with Crippen molar-refractivity contribution in [2.45, 2.75) is 44.9 Å². The van der Waals surface area contributed by atoms with Crippen LogP contribution in [0.5, 0.6) is 5.88 Å². The first-order chi connectivity index (χ1) is 20.9. The van der Waals surface area contributed by atoms with Gasteiger partial charge in [0.05, 0.1) is 50.2 Å². The standard InChI is InChI=1S/C30H29F4N7O3/c1-16-5-18(7-21(6-16)30(32,33)34)26-17(2)41(29(42)44-26)15-25-24(11-36-28(38-25)40-13-22(31)14-40)23-8-19(9-35-27(23)43-4)20-10-37-39(3)12-20/h5-12,17,22,26H,13-15H2,1-4H3/t17-,26-/m0/s1. The zero-order valence-corrected chi connectivity index (χ0v) is 24.3. The van der Waals surface area contributed by atoms with Crippen LogP contribution >= 0.6 is 0 Å². The molecule has 0 aliphatic carbocycles. The van der Waals surface area contributed by atoms with Crippen LogP contribution in [0.1, 0.15) is 35.4 Å². The number of aryl methyl sites for hydroxylation is 2. The van der Waals surface area contributed by atoms with E-state index in [1.54, 1.807) is 55.1 Å². The van der Waals surface area contributed by atoms with Gasteiger partial charge >= 0.3 is 12.3 Å². The maximum atomic E-state index is 13.7. The molecule has 2 saturated heterocycles. The Morgan fingerprint density at radius 2 is 1.82 bits per heavy atom. The molecule has 3 aromatic heterocycles. The summed E-state index contributed by atoms with van der Waals surface area (Å²) in [6.45, 7) is 3.48. The van der Waals surface area contributed by atoms with Crippen LogP contribution in [0, 0.1) is 6.92 Å². The van der Waals surface area contributed by atoms with Gasteiger partial charge in [-0.15, -0.1) is 0 Å². The van der Waals surface area contributed by atoms with E-state index in [1.165, 1.54) is 12.0 Å². The molecule has 0 bridgehead atoms. The van der Waals surface area contributed by atoms with E-state index in [4.69, 9.17) is 14.5 Å². The Hall–Kier alpha value is -4.75. The van der Waals surface area contributed by atoms with Gasteiger partial charge in [0.15, 0.2) is 0 Å². The molecule has 44 heavy (non-hydrogen) atoms. The van der Waals surface area contributed by atoms with E-state index in [9.17, 15) is 22.4 Å². The van der Waals surface area contributed by atoms with Crippen LogP contribution in [0.25, 0.3) is 22.3 Å². The number of anilines is 1. The molecule has 2 fully saturated rings. The topological polar surface area (TPSA) is 98.5 Å². The van der Waals surface area contributed by atoms with Gasteiger partial charge in [0.25, 0.3) is 0 Å². The van der Waals surface area contributed by atoms with Gasteiger partial charge in [0.1, 0.15) is 12.3 Å². The number of ether oxygens (including phenoxy) is 2. The van der Waals surface area contributed by atoms with Crippen molar-refractivity contribution >= 4 is 12.0 Å². The van der Waals surface area contributed by atoms with Crippen LogP contribution in [-0.4, -0.2) is 68.1 Å². The van der Waals surface area contributed by atoms with Gasteiger partial charge in [-0.3, -0.25) is 9.58 Å². The summed E-state index contributed by atoms with van der Waals surface area (Å²) in [5.74, 6) is 0.579. The molecule has 1 amide bonds. The van der Waals surface area contributed by atoms with E-state index in [1.807, 2.05) is 12.3 Å². The Bertz CT molecular complexity index is 1720. The predicted molar refractivity (Wildman–Crippen MR) is 152 cm³/mol. The van der Waals surface area contributed by atoms with Crippen LogP contribution in [0.2, 0.25) is 0 Å². The minimum absolute atomic E-state index is 0.0630. The van der Waals surface area contributed by atoms with Crippen molar-refractivity contribution in [1.29, 1.82) is 0 Å². The average Bonchev–Trinajstić information content (AvgIpc) is 3.52. The summed E-state index contributed by atoms with van der Waals surface area (Å²) in [6.07, 6.45) is -0.428. The number of carbonyl (C=O) groups excluding carboxylic acids is 1. The zero-order valence-electron chi connectivity index (χ0n) is 24.3. The van der Waals surface area contributed by atoms with Crippen molar-refractivity contribution in [3.05, 3.63) is 71.4 Å². The third-order valence-corrected chi connectivity index (χ3v) is 7.82. The molecule has 4 aromatic rings. The molecule has 2 aliphatic heterocycles. The molecular formula is C30H29F4N7O3. The number of cyclic esters (lactones) is 1. The van der Waals surface area contributed by atoms with Gasteiger partial charge in [0.2, 0.25) is 11.8 Å². The molecule has 5 heterocycles. The Kier molecular flexibility index (Phi) is 7.38. The van der Waals surface area contributed by atoms with Gasteiger partial charge < -0.3 is 14.4 Å². The predicted octanol–water partition coefficient (Wildman–Crippen LogP) is 5.52. The maximum Gasteiger partial charge on any atom is 0.416 e. The minimum Gasteiger partial charge on any atom is -0.481 e. The van der Waals surface area contributed by atoms with E-state index in [0.29, 0.717) is 28.3 Å². The second-order valence-electron chi connectivity index (χ2n) is 11.0. The lowest BCUT2D eigenvalue weighted by Gasteiger charge is -2.34. The van der Waals surface area contributed by atoms with Crippen molar-refractivity contribution in [2.24, 2.45) is 7.05 Å². The number of pyridine rings is 1. The third-order valence-electron chi connectivity index (χ3n) is 7.82. The Labute approximate surface area is 250 Å². The van der Waals surface area contributed by atoms with Crippen molar-refractivity contribution < 1.29 is 31.8 Å². The monoisotopic (exact) mass is 611 g/mol. The van der Waals surface area contributed by atoms with Crippen LogP contribution < -0.4 is 9.64 Å². The lowest BCUT2D eigenvalue weighted by Crippen LogP contribution is -2.49. The first kappa shape index (κ1) is 29.3. The fraction of sp³-hybridized carbons (Fsp3) is 0.367. The number of hydrogen-bond acceptors (Lipinski definition) is 8. The molecule has 10 nitrogen and oxygen atoms in total. The van der Waals surface area contributed by atoms with Crippen molar-refractivity contribution in [3.8, 4) is 28.1 Å². The number of rotatable bonds is 7. The summed E-state index contributed by atoms with van der Waals surface area (Å²) in [7, 11) is 3.28. The molecule has 2 atom stereocenters. The van der Waals surface area contributed by atoms with Gasteiger partial charge in [-0.1, -0.05) is 11.6 Å². The Morgan fingerprint density at radius 3 is 2.48 bits per heavy atom. The first-order valence-electron chi connectivity index (χ1n) is 13.9. The zero-order chi connectivity index (χ0) is 31.3. The van der Waals surface area contributed by atoms with E-state index in [-0.39, 0.29) is 31.1 Å². The molecule has 0 radical (unpaired) electrons. The molecule has 0 saturated carbocycles. The number of methoxy groups -OCH3 is 1. The molecule has 2 aliphatic rings. The quantitative estimate of drug-likeness (QED) is 0.252. The maximum absolute atomic E-state index is 13.7. The lowest BCUT2D eigenvalue weighted by molar-refractivity contribution is -0.137. The second-order valence-corrected chi connectivity index (χ2v) is 11.0. The van der Waals surface area contributed by atoms with Crippen molar-refractivity contribution in [1.82, 2.24) is 29.6 Å². The summed E-state index contributed by atoms with van der Waals surface area (Å²) in [6, 6.07) is 4.86. The van der Waals surface area contributed by atoms with Crippen molar-refractivity contribution in [2.75, 3.05) is 25.1 Å². The fourth-order valence-corrected chi connectivity index (χ4v) is 5.49. The molecule has 14 heteroatoms. The molecule has 0 unspecified atom stereocenters. The molecule has 0 spiro atoms. The largest absolute Gasteiger partial charge is 0.481 e. The summed E-state index contributed by atoms with van der Waals surface area (Å²) in [5.41, 5.74) is 2.86. The lowest BCUT2D eigenvalue weighted by atomic mass is 9.98. The van der Waals surface area contributed by atoms with Crippen molar-refractivity contribution in [3.63, 3.8) is 0 Å². The molecule has 0 N–H and O–H groups in total. The SMILES string of the molecule is COc1ncc(-c2cnn(C)c2)cc1-c1cnc(N2CC(F)C2)nc1CN1C(=O)O[C@H](c2cc(C)cc(C(F)(F)F)c2)[C@@H]1C. The van der Waals surface area contributed by atoms with E-state index < -0.39 is 36.2 Å². The van der Waals surface area contributed by atoms with Gasteiger partial charge in [-0.2, -0.15) is 18.3 Å². The highest BCUT2D eigenvalue weighted by Crippen LogP contribution is 2.40. The minimum atomic E-state index is -4.55. The van der Waals surface area contributed by atoms with E-state index >= 15 is 0 Å². The first-order valence-corrected chi connectivity index (χ1v) is 13.9. The van der Waals surface area contributed by atoms with Crippen LogP contribution in [0.4, 0.5) is 28.3 Å². The second kappa shape index (κ2) is 11.1. The third kappa shape index (κ3) is 5.51. The number of halogens is 4. The normalized spacial score (nSPS) is 18.9. The molecule has 1 aromatic carbocycles. The number of alkyl halides is 4. The van der Waals surface area contributed by atoms with E-state index in [2.05, 4.69) is 15.1 Å². The number of aromatic nitrogens is 5. The van der Waals surface area contributed by atoms with Crippen LogP contribution in [0.3, 0.4) is 0 Å². The summed E-state index contributed by atoms with van der Waals surface area (Å²) < 4.78 is 67.2. The van der Waals surface area contributed by atoms with Crippen LogP contribution in [-0.2, 0) is 24.5 Å². The highest BCUT2D eigenvalue weighted by molar-refractivity contribution is 5.77. The number of hydrogen-bond donors (Lipinski definition) is 0. The number of carbonyl (C=O) groups is 1. The Morgan fingerprint density at radius 1 is 1.05 bits per heavy atom. The highest BCUT2D eigenvalue weighted by Gasteiger charge is 2.42. The molecular weight excluding hydrogens is 582 g/mol. The Balaban J connectivity index is 1.39.